The van der Waals surface area contributed by atoms with E-state index in [4.69, 9.17) is 5.26 Å². The number of fused-ring (bicyclic) bond motifs is 1. The number of hydrogen-bond acceptors (Lipinski definition) is 3. The van der Waals surface area contributed by atoms with Crippen molar-refractivity contribution >= 4 is 28.6 Å². The first-order chi connectivity index (χ1) is 11.1. The van der Waals surface area contributed by atoms with E-state index in [0.717, 1.165) is 20.7 Å². The third-order valence-corrected chi connectivity index (χ3v) is 4.65. The quantitative estimate of drug-likeness (QED) is 0.796. The van der Waals surface area contributed by atoms with Gasteiger partial charge in [0, 0.05) is 41.0 Å². The minimum absolute atomic E-state index is 0.0142. The van der Waals surface area contributed by atoms with E-state index in [1.165, 1.54) is 0 Å². The van der Waals surface area contributed by atoms with Crippen molar-refractivity contribution in [2.45, 2.75) is 9.79 Å². The Labute approximate surface area is 138 Å². The van der Waals surface area contributed by atoms with Crippen molar-refractivity contribution in [1.82, 2.24) is 9.88 Å². The number of carbonyl (C=O) groups is 1. The molecule has 0 saturated carbocycles. The molecular formula is C18H15N3OS. The molecule has 0 atom stereocenters. The number of amides is 1. The second-order valence-corrected chi connectivity index (χ2v) is 6.41. The Morgan fingerprint density at radius 3 is 2.70 bits per heavy atom. The second-order valence-electron chi connectivity index (χ2n) is 5.32. The van der Waals surface area contributed by atoms with Gasteiger partial charge in [-0.3, -0.25) is 4.79 Å². The molecule has 0 aliphatic carbocycles. The SMILES string of the molecule is CN(C)C(=O)c1ccccc1Sc1c[nH]c2cc(C#N)ccc12. The summed E-state index contributed by atoms with van der Waals surface area (Å²) in [6.45, 7) is 0. The Kier molecular flexibility index (Phi) is 4.09. The van der Waals surface area contributed by atoms with Crippen LogP contribution in [0, 0.1) is 11.3 Å². The highest BCUT2D eigenvalue weighted by molar-refractivity contribution is 7.99. The van der Waals surface area contributed by atoms with Crippen molar-refractivity contribution in [3.05, 3.63) is 59.8 Å². The number of hydrogen-bond donors (Lipinski definition) is 1. The van der Waals surface area contributed by atoms with Gasteiger partial charge in [0.2, 0.25) is 0 Å². The molecule has 0 fully saturated rings. The molecule has 1 heterocycles. The molecule has 23 heavy (non-hydrogen) atoms. The number of rotatable bonds is 3. The molecule has 0 bridgehead atoms. The van der Waals surface area contributed by atoms with E-state index in [0.29, 0.717) is 11.1 Å². The fraction of sp³-hybridized carbons (Fsp3) is 0.111. The Morgan fingerprint density at radius 2 is 1.96 bits per heavy atom. The second kappa shape index (κ2) is 6.19. The van der Waals surface area contributed by atoms with Crippen LogP contribution in [0.25, 0.3) is 10.9 Å². The highest BCUT2D eigenvalue weighted by atomic mass is 32.2. The van der Waals surface area contributed by atoms with Gasteiger partial charge in [-0.15, -0.1) is 0 Å². The Hall–Kier alpha value is -2.71. The van der Waals surface area contributed by atoms with Crippen LogP contribution in [-0.2, 0) is 0 Å². The van der Waals surface area contributed by atoms with Crippen molar-refractivity contribution < 1.29 is 4.79 Å². The van der Waals surface area contributed by atoms with Gasteiger partial charge in [-0.2, -0.15) is 5.26 Å². The van der Waals surface area contributed by atoms with Crippen LogP contribution in [0.2, 0.25) is 0 Å². The third-order valence-electron chi connectivity index (χ3n) is 3.52. The highest BCUT2D eigenvalue weighted by Gasteiger charge is 2.15. The van der Waals surface area contributed by atoms with Gasteiger partial charge >= 0.3 is 0 Å². The van der Waals surface area contributed by atoms with Crippen LogP contribution in [0.5, 0.6) is 0 Å². The minimum atomic E-state index is -0.0142. The lowest BCUT2D eigenvalue weighted by molar-refractivity contribution is 0.0824. The van der Waals surface area contributed by atoms with Crippen LogP contribution in [-0.4, -0.2) is 29.9 Å². The number of nitriles is 1. The zero-order valence-electron chi connectivity index (χ0n) is 12.8. The zero-order chi connectivity index (χ0) is 16.4. The number of nitrogens with zero attached hydrogens (tertiary/aromatic N) is 2. The number of nitrogens with one attached hydrogen (secondary N) is 1. The minimum Gasteiger partial charge on any atom is -0.360 e. The van der Waals surface area contributed by atoms with Gasteiger partial charge in [0.1, 0.15) is 0 Å². The van der Waals surface area contributed by atoms with Crippen molar-refractivity contribution in [3.63, 3.8) is 0 Å². The molecule has 1 amide bonds. The fourth-order valence-corrected chi connectivity index (χ4v) is 3.40. The van der Waals surface area contributed by atoms with E-state index in [1.54, 1.807) is 36.8 Å². The molecule has 0 unspecified atom stereocenters. The van der Waals surface area contributed by atoms with Crippen LogP contribution in [0.4, 0.5) is 0 Å². The topological polar surface area (TPSA) is 59.9 Å². The Bertz CT molecular complexity index is 921. The molecule has 1 aromatic heterocycles. The smallest absolute Gasteiger partial charge is 0.254 e. The van der Waals surface area contributed by atoms with Gasteiger partial charge in [-0.1, -0.05) is 30.0 Å². The third kappa shape index (κ3) is 2.94. The molecule has 0 aliphatic heterocycles. The van der Waals surface area contributed by atoms with Crippen molar-refractivity contribution in [2.75, 3.05) is 14.1 Å². The summed E-state index contributed by atoms with van der Waals surface area (Å²) in [6, 6.07) is 15.3. The van der Waals surface area contributed by atoms with Crippen molar-refractivity contribution in [2.24, 2.45) is 0 Å². The first kappa shape index (κ1) is 15.2. The summed E-state index contributed by atoms with van der Waals surface area (Å²) < 4.78 is 0. The van der Waals surface area contributed by atoms with Crippen molar-refractivity contribution in [3.8, 4) is 6.07 Å². The van der Waals surface area contributed by atoms with E-state index in [1.807, 2.05) is 42.6 Å². The van der Waals surface area contributed by atoms with Gasteiger partial charge in [0.15, 0.2) is 0 Å². The van der Waals surface area contributed by atoms with Gasteiger partial charge in [0.25, 0.3) is 5.91 Å². The normalized spacial score (nSPS) is 10.5. The first-order valence-corrected chi connectivity index (χ1v) is 7.91. The molecule has 1 N–H and O–H groups in total. The number of H-pyrrole nitrogens is 1. The molecule has 0 aliphatic rings. The van der Waals surface area contributed by atoms with E-state index < -0.39 is 0 Å². The standard InChI is InChI=1S/C18H15N3OS/c1-21(2)18(22)14-5-3-4-6-16(14)23-17-11-20-15-9-12(10-19)7-8-13(15)17/h3-9,11,20H,1-2H3. The molecule has 2 aromatic carbocycles. The maximum absolute atomic E-state index is 12.3. The van der Waals surface area contributed by atoms with Crippen LogP contribution >= 0.6 is 11.8 Å². The monoisotopic (exact) mass is 321 g/mol. The molecule has 3 aromatic rings. The average Bonchev–Trinajstić information content (AvgIpc) is 2.96. The summed E-state index contributed by atoms with van der Waals surface area (Å²) in [6.07, 6.45) is 1.91. The molecule has 114 valence electrons. The molecule has 4 nitrogen and oxygen atoms in total. The molecule has 5 heteroatoms. The number of aromatic nitrogens is 1. The first-order valence-electron chi connectivity index (χ1n) is 7.10. The lowest BCUT2D eigenvalue weighted by atomic mass is 10.2. The van der Waals surface area contributed by atoms with Crippen LogP contribution in [0.3, 0.4) is 0 Å². The van der Waals surface area contributed by atoms with E-state index >= 15 is 0 Å². The molecule has 0 radical (unpaired) electrons. The fourth-order valence-electron chi connectivity index (χ4n) is 2.35. The molecule has 0 spiro atoms. The zero-order valence-corrected chi connectivity index (χ0v) is 13.6. The van der Waals surface area contributed by atoms with E-state index in [-0.39, 0.29) is 5.91 Å². The van der Waals surface area contributed by atoms with Crippen LogP contribution < -0.4 is 0 Å². The summed E-state index contributed by atoms with van der Waals surface area (Å²) in [5.41, 5.74) is 2.23. The summed E-state index contributed by atoms with van der Waals surface area (Å²) in [7, 11) is 3.50. The number of aromatic amines is 1. The molecule has 0 saturated heterocycles. The van der Waals surface area contributed by atoms with Crippen LogP contribution in [0.15, 0.2) is 58.5 Å². The van der Waals surface area contributed by atoms with E-state index in [2.05, 4.69) is 11.1 Å². The van der Waals surface area contributed by atoms with Crippen molar-refractivity contribution in [1.29, 1.82) is 5.26 Å². The van der Waals surface area contributed by atoms with E-state index in [9.17, 15) is 4.79 Å². The van der Waals surface area contributed by atoms with Gasteiger partial charge in [-0.05, 0) is 24.3 Å². The maximum Gasteiger partial charge on any atom is 0.254 e. The number of benzene rings is 2. The predicted molar refractivity (Wildman–Crippen MR) is 91.6 cm³/mol. The molecular weight excluding hydrogens is 306 g/mol. The van der Waals surface area contributed by atoms with Crippen LogP contribution in [0.1, 0.15) is 15.9 Å². The summed E-state index contributed by atoms with van der Waals surface area (Å²) in [5.74, 6) is -0.0142. The summed E-state index contributed by atoms with van der Waals surface area (Å²) >= 11 is 1.55. The number of carbonyl (C=O) groups excluding carboxylic acids is 1. The average molecular weight is 321 g/mol. The summed E-state index contributed by atoms with van der Waals surface area (Å²) in [5, 5.41) is 10.0. The van der Waals surface area contributed by atoms with Gasteiger partial charge in [0.05, 0.1) is 17.2 Å². The van der Waals surface area contributed by atoms with Gasteiger partial charge in [-0.25, -0.2) is 0 Å². The van der Waals surface area contributed by atoms with Gasteiger partial charge < -0.3 is 9.88 Å². The Balaban J connectivity index is 2.00. The predicted octanol–water partition coefficient (Wildman–Crippen LogP) is 3.89. The Morgan fingerprint density at radius 1 is 1.17 bits per heavy atom. The maximum atomic E-state index is 12.3. The lowest BCUT2D eigenvalue weighted by Crippen LogP contribution is -2.22. The largest absolute Gasteiger partial charge is 0.360 e. The highest BCUT2D eigenvalue weighted by Crippen LogP contribution is 2.35. The summed E-state index contributed by atoms with van der Waals surface area (Å²) in [4.78, 5) is 19.0. The lowest BCUT2D eigenvalue weighted by Gasteiger charge is -2.13. The molecule has 3 rings (SSSR count).